The second kappa shape index (κ2) is 7.70. The molecule has 4 atom stereocenters. The van der Waals surface area contributed by atoms with Gasteiger partial charge in [-0.15, -0.1) is 0 Å². The van der Waals surface area contributed by atoms with Crippen molar-refractivity contribution in [1.29, 1.82) is 0 Å². The van der Waals surface area contributed by atoms with Crippen LogP contribution in [0.25, 0.3) is 0 Å². The van der Waals surface area contributed by atoms with Crippen molar-refractivity contribution in [3.8, 4) is 0 Å². The zero-order valence-corrected chi connectivity index (χ0v) is 17.7. The number of rotatable bonds is 4. The predicted molar refractivity (Wildman–Crippen MR) is 114 cm³/mol. The minimum atomic E-state index is -0.641. The molecule has 0 bridgehead atoms. The van der Waals surface area contributed by atoms with E-state index < -0.39 is 5.97 Å². The molecule has 1 aromatic rings. The summed E-state index contributed by atoms with van der Waals surface area (Å²) in [5, 5.41) is 13.7. The fourth-order valence-electron chi connectivity index (χ4n) is 6.14. The Bertz CT molecular complexity index is 688. The molecule has 0 spiro atoms. The number of carboxylic acids is 1. The molecule has 0 aromatic heterocycles. The van der Waals surface area contributed by atoms with Crippen LogP contribution in [0.1, 0.15) is 83.7 Å². The molecule has 4 nitrogen and oxygen atoms in total. The van der Waals surface area contributed by atoms with Crippen LogP contribution in [0.15, 0.2) is 24.3 Å². The van der Waals surface area contributed by atoms with E-state index in [9.17, 15) is 9.90 Å². The number of carboxylic acid groups (broad SMARTS) is 1. The van der Waals surface area contributed by atoms with Crippen molar-refractivity contribution in [2.24, 2.45) is 11.8 Å². The quantitative estimate of drug-likeness (QED) is 0.724. The Labute approximate surface area is 169 Å². The van der Waals surface area contributed by atoms with Gasteiger partial charge in [-0.25, -0.2) is 0 Å². The first-order chi connectivity index (χ1) is 13.3. The van der Waals surface area contributed by atoms with E-state index in [1.165, 1.54) is 50.6 Å². The van der Waals surface area contributed by atoms with Crippen LogP contribution in [0.5, 0.6) is 0 Å². The smallest absolute Gasteiger partial charge is 0.308 e. The molecule has 2 aliphatic carbocycles. The van der Waals surface area contributed by atoms with Crippen LogP contribution < -0.4 is 5.32 Å². The average Bonchev–Trinajstić information content (AvgIpc) is 3.31. The molecular formula is C24H36N2O2. The molecule has 1 aromatic carbocycles. The summed E-state index contributed by atoms with van der Waals surface area (Å²) in [5.74, 6) is -0.440. The molecule has 0 radical (unpaired) electrons. The van der Waals surface area contributed by atoms with Crippen LogP contribution in [-0.4, -0.2) is 33.6 Å². The van der Waals surface area contributed by atoms with Gasteiger partial charge < -0.3 is 10.4 Å². The zero-order chi connectivity index (χ0) is 19.9. The summed E-state index contributed by atoms with van der Waals surface area (Å²) in [6.07, 6.45) is 9.58. The number of carbonyl (C=O) groups is 1. The van der Waals surface area contributed by atoms with E-state index in [2.05, 4.69) is 55.3 Å². The molecule has 0 amide bonds. The van der Waals surface area contributed by atoms with Gasteiger partial charge in [-0.05, 0) is 76.5 Å². The normalized spacial score (nSPS) is 31.7. The molecule has 3 aliphatic rings. The van der Waals surface area contributed by atoms with Crippen molar-refractivity contribution < 1.29 is 9.90 Å². The van der Waals surface area contributed by atoms with E-state index in [-0.39, 0.29) is 17.5 Å². The van der Waals surface area contributed by atoms with Gasteiger partial charge in [0.2, 0.25) is 0 Å². The SMILES string of the molecule is CC(C)(C)N1[C@H](c2ccc(NC3CCCC3)cc2)[C@H](C(=O)O)C[C@@H]2CCC[C@@H]21. The monoisotopic (exact) mass is 384 g/mol. The van der Waals surface area contributed by atoms with Gasteiger partial charge in [0.05, 0.1) is 5.92 Å². The van der Waals surface area contributed by atoms with Gasteiger partial charge in [-0.1, -0.05) is 31.4 Å². The lowest BCUT2D eigenvalue weighted by Gasteiger charge is -2.53. The predicted octanol–water partition coefficient (Wildman–Crippen LogP) is 5.46. The number of aliphatic carboxylic acids is 1. The Morgan fingerprint density at radius 3 is 2.32 bits per heavy atom. The van der Waals surface area contributed by atoms with E-state index in [1.54, 1.807) is 0 Å². The number of hydrogen-bond donors (Lipinski definition) is 2. The first kappa shape index (κ1) is 19.8. The number of piperidine rings is 1. The summed E-state index contributed by atoms with van der Waals surface area (Å²) in [4.78, 5) is 14.8. The Morgan fingerprint density at radius 1 is 1.04 bits per heavy atom. The van der Waals surface area contributed by atoms with E-state index >= 15 is 0 Å². The third kappa shape index (κ3) is 3.80. The van der Waals surface area contributed by atoms with Gasteiger partial charge in [0, 0.05) is 29.4 Å². The number of benzene rings is 1. The van der Waals surface area contributed by atoms with Gasteiger partial charge in [0.25, 0.3) is 0 Å². The van der Waals surface area contributed by atoms with Crippen LogP contribution in [-0.2, 0) is 4.79 Å². The maximum absolute atomic E-state index is 12.3. The lowest BCUT2D eigenvalue weighted by Crippen LogP contribution is -2.57. The number of nitrogens with one attached hydrogen (secondary N) is 1. The van der Waals surface area contributed by atoms with Crippen LogP contribution in [0, 0.1) is 11.8 Å². The van der Waals surface area contributed by atoms with Crippen LogP contribution in [0.4, 0.5) is 5.69 Å². The first-order valence-corrected chi connectivity index (χ1v) is 11.2. The molecule has 0 unspecified atom stereocenters. The molecule has 28 heavy (non-hydrogen) atoms. The topological polar surface area (TPSA) is 52.6 Å². The van der Waals surface area contributed by atoms with Gasteiger partial charge in [-0.2, -0.15) is 0 Å². The van der Waals surface area contributed by atoms with Crippen molar-refractivity contribution in [3.63, 3.8) is 0 Å². The summed E-state index contributed by atoms with van der Waals surface area (Å²) < 4.78 is 0. The summed E-state index contributed by atoms with van der Waals surface area (Å²) in [6.45, 7) is 6.74. The molecule has 1 aliphatic heterocycles. The fourth-order valence-corrected chi connectivity index (χ4v) is 6.14. The summed E-state index contributed by atoms with van der Waals surface area (Å²) in [7, 11) is 0. The van der Waals surface area contributed by atoms with Crippen molar-refractivity contribution >= 4 is 11.7 Å². The highest BCUT2D eigenvalue weighted by Gasteiger charge is 2.51. The largest absolute Gasteiger partial charge is 0.481 e. The number of likely N-dealkylation sites (tertiary alicyclic amines) is 1. The van der Waals surface area contributed by atoms with E-state index in [4.69, 9.17) is 0 Å². The van der Waals surface area contributed by atoms with Crippen LogP contribution >= 0.6 is 0 Å². The van der Waals surface area contributed by atoms with Gasteiger partial charge >= 0.3 is 5.97 Å². The zero-order valence-electron chi connectivity index (χ0n) is 17.7. The second-order valence-electron chi connectivity index (χ2n) is 10.2. The van der Waals surface area contributed by atoms with Crippen LogP contribution in [0.2, 0.25) is 0 Å². The molecule has 4 rings (SSSR count). The highest BCUT2D eigenvalue weighted by molar-refractivity contribution is 5.71. The third-order valence-corrected chi connectivity index (χ3v) is 7.28. The highest BCUT2D eigenvalue weighted by Crippen LogP contribution is 2.50. The Kier molecular flexibility index (Phi) is 5.43. The molecule has 1 heterocycles. The average molecular weight is 385 g/mol. The van der Waals surface area contributed by atoms with Crippen molar-refractivity contribution in [1.82, 2.24) is 4.90 Å². The van der Waals surface area contributed by atoms with Crippen molar-refractivity contribution in [3.05, 3.63) is 29.8 Å². The summed E-state index contributed by atoms with van der Waals surface area (Å²) in [6, 6.07) is 9.73. The number of hydrogen-bond acceptors (Lipinski definition) is 3. The minimum absolute atomic E-state index is 0.0441. The molecule has 4 heteroatoms. The summed E-state index contributed by atoms with van der Waals surface area (Å²) >= 11 is 0. The Hall–Kier alpha value is -1.55. The van der Waals surface area contributed by atoms with E-state index in [0.29, 0.717) is 18.0 Å². The third-order valence-electron chi connectivity index (χ3n) is 7.28. The van der Waals surface area contributed by atoms with E-state index in [1.807, 2.05) is 0 Å². The van der Waals surface area contributed by atoms with E-state index in [0.717, 1.165) is 12.0 Å². The lowest BCUT2D eigenvalue weighted by atomic mass is 9.74. The Morgan fingerprint density at radius 2 is 1.71 bits per heavy atom. The Balaban J connectivity index is 1.63. The maximum atomic E-state index is 12.3. The second-order valence-corrected chi connectivity index (χ2v) is 10.2. The van der Waals surface area contributed by atoms with Crippen LogP contribution in [0.3, 0.4) is 0 Å². The van der Waals surface area contributed by atoms with Gasteiger partial charge in [0.15, 0.2) is 0 Å². The fraction of sp³-hybridized carbons (Fsp3) is 0.708. The molecule has 2 saturated carbocycles. The number of anilines is 1. The highest BCUT2D eigenvalue weighted by atomic mass is 16.4. The standard InChI is InChI=1S/C24H36N2O2/c1-24(2,3)26-21-10-6-7-17(21)15-20(23(27)28)22(26)16-11-13-19(14-12-16)25-18-8-4-5-9-18/h11-14,17-18,20-22,25H,4-10,15H2,1-3H3,(H,27,28)/t17-,20+,21-,22+/m0/s1. The van der Waals surface area contributed by atoms with Gasteiger partial charge in [0.1, 0.15) is 0 Å². The van der Waals surface area contributed by atoms with Crippen molar-refractivity contribution in [2.45, 2.75) is 95.8 Å². The number of fused-ring (bicyclic) bond motifs is 1. The maximum Gasteiger partial charge on any atom is 0.308 e. The summed E-state index contributed by atoms with van der Waals surface area (Å²) in [5.41, 5.74) is 2.27. The molecular weight excluding hydrogens is 348 g/mol. The molecule has 3 fully saturated rings. The van der Waals surface area contributed by atoms with Crippen molar-refractivity contribution in [2.75, 3.05) is 5.32 Å². The molecule has 1 saturated heterocycles. The molecule has 2 N–H and O–H groups in total. The minimum Gasteiger partial charge on any atom is -0.481 e. The first-order valence-electron chi connectivity index (χ1n) is 11.2. The van der Waals surface area contributed by atoms with Gasteiger partial charge in [-0.3, -0.25) is 9.69 Å². The lowest BCUT2D eigenvalue weighted by molar-refractivity contribution is -0.152. The number of nitrogens with zero attached hydrogens (tertiary/aromatic N) is 1. The molecule has 154 valence electrons.